The van der Waals surface area contributed by atoms with Crippen LogP contribution in [0, 0.1) is 11.8 Å². The molecule has 6 nitrogen and oxygen atoms in total. The van der Waals surface area contributed by atoms with E-state index in [4.69, 9.17) is 5.73 Å². The van der Waals surface area contributed by atoms with Crippen LogP contribution in [0.15, 0.2) is 11.4 Å². The van der Waals surface area contributed by atoms with Gasteiger partial charge in [0.2, 0.25) is 0 Å². The Bertz CT molecular complexity index is 523. The highest BCUT2D eigenvalue weighted by atomic mass is 32.2. The second-order valence-electron chi connectivity index (χ2n) is 5.53. The largest absolute Gasteiger partial charge is 0.381 e. The van der Waals surface area contributed by atoms with E-state index >= 15 is 0 Å². The minimum atomic E-state index is -3.52. The molecular weight excluding hydrogens is 264 g/mol. The summed E-state index contributed by atoms with van der Waals surface area (Å²) in [5.41, 5.74) is 5.67. The first-order valence-electron chi connectivity index (χ1n) is 6.61. The van der Waals surface area contributed by atoms with E-state index in [-0.39, 0.29) is 10.8 Å². The number of aromatic nitrogens is 2. The van der Waals surface area contributed by atoms with Crippen molar-refractivity contribution < 1.29 is 8.42 Å². The second kappa shape index (κ2) is 5.13. The van der Waals surface area contributed by atoms with E-state index in [0.29, 0.717) is 24.9 Å². The van der Waals surface area contributed by atoms with Crippen LogP contribution in [0.5, 0.6) is 0 Å². The molecule has 0 aromatic carbocycles. The zero-order valence-electron chi connectivity index (χ0n) is 11.7. The Labute approximate surface area is 114 Å². The number of rotatable bonds is 3. The second-order valence-corrected chi connectivity index (χ2v) is 7.38. The molecule has 1 saturated heterocycles. The maximum absolute atomic E-state index is 12.6. The van der Waals surface area contributed by atoms with Gasteiger partial charge in [-0.05, 0) is 24.7 Å². The van der Waals surface area contributed by atoms with E-state index in [1.165, 1.54) is 15.2 Å². The molecule has 2 heterocycles. The Morgan fingerprint density at radius 2 is 1.95 bits per heavy atom. The predicted molar refractivity (Wildman–Crippen MR) is 73.9 cm³/mol. The van der Waals surface area contributed by atoms with Gasteiger partial charge in [-0.15, -0.1) is 0 Å². The van der Waals surface area contributed by atoms with Crippen LogP contribution in [0.2, 0.25) is 0 Å². The lowest BCUT2D eigenvalue weighted by molar-refractivity contribution is 0.226. The number of hydrogen-bond acceptors (Lipinski definition) is 4. The molecule has 0 unspecified atom stereocenters. The number of anilines is 1. The summed E-state index contributed by atoms with van der Waals surface area (Å²) in [6.45, 7) is 5.51. The fourth-order valence-corrected chi connectivity index (χ4v) is 4.32. The SMILES string of the molecule is CC(C)C1CCN(S(=O)(=O)c2c(N)ncn2C)CC1. The molecular formula is C12H22N4O2S. The molecule has 0 amide bonds. The summed E-state index contributed by atoms with van der Waals surface area (Å²) in [6.07, 6.45) is 3.26. The summed E-state index contributed by atoms with van der Waals surface area (Å²) in [6, 6.07) is 0. The van der Waals surface area contributed by atoms with Crippen LogP contribution < -0.4 is 5.73 Å². The molecule has 19 heavy (non-hydrogen) atoms. The number of nitrogens with two attached hydrogens (primary N) is 1. The van der Waals surface area contributed by atoms with Crippen LogP contribution in [-0.2, 0) is 17.1 Å². The summed E-state index contributed by atoms with van der Waals surface area (Å²) in [4.78, 5) is 3.86. The van der Waals surface area contributed by atoms with Gasteiger partial charge in [-0.1, -0.05) is 13.8 Å². The molecule has 0 radical (unpaired) electrons. The van der Waals surface area contributed by atoms with Crippen LogP contribution in [0.4, 0.5) is 5.82 Å². The van der Waals surface area contributed by atoms with E-state index in [1.54, 1.807) is 7.05 Å². The van der Waals surface area contributed by atoms with Crippen LogP contribution in [0.3, 0.4) is 0 Å². The average molecular weight is 286 g/mol. The molecule has 2 N–H and O–H groups in total. The lowest BCUT2D eigenvalue weighted by Gasteiger charge is -2.33. The van der Waals surface area contributed by atoms with Gasteiger partial charge >= 0.3 is 0 Å². The van der Waals surface area contributed by atoms with Gasteiger partial charge in [0.05, 0.1) is 6.33 Å². The predicted octanol–water partition coefficient (Wildman–Crippen LogP) is 1.06. The quantitative estimate of drug-likeness (QED) is 0.901. The maximum Gasteiger partial charge on any atom is 0.262 e. The molecule has 1 aromatic rings. The summed E-state index contributed by atoms with van der Waals surface area (Å²) in [5.74, 6) is 1.29. The number of piperidine rings is 1. The Morgan fingerprint density at radius 1 is 1.37 bits per heavy atom. The molecule has 1 aliphatic rings. The zero-order chi connectivity index (χ0) is 14.2. The van der Waals surface area contributed by atoms with Gasteiger partial charge in [0.25, 0.3) is 10.0 Å². The van der Waals surface area contributed by atoms with Gasteiger partial charge in [0.1, 0.15) is 0 Å². The first-order valence-corrected chi connectivity index (χ1v) is 8.05. The van der Waals surface area contributed by atoms with E-state index in [1.807, 2.05) is 0 Å². The fraction of sp³-hybridized carbons (Fsp3) is 0.750. The molecule has 0 aliphatic carbocycles. The maximum atomic E-state index is 12.6. The lowest BCUT2D eigenvalue weighted by atomic mass is 9.87. The number of nitrogen functional groups attached to an aromatic ring is 1. The molecule has 1 aromatic heterocycles. The Balaban J connectivity index is 2.19. The first kappa shape index (κ1) is 14.3. The van der Waals surface area contributed by atoms with Crippen molar-refractivity contribution in [3.05, 3.63) is 6.33 Å². The van der Waals surface area contributed by atoms with E-state index in [9.17, 15) is 8.42 Å². The van der Waals surface area contributed by atoms with Gasteiger partial charge in [0.15, 0.2) is 10.8 Å². The van der Waals surface area contributed by atoms with Crippen molar-refractivity contribution in [1.29, 1.82) is 0 Å². The van der Waals surface area contributed by atoms with Crippen molar-refractivity contribution in [3.8, 4) is 0 Å². The topological polar surface area (TPSA) is 81.2 Å². The summed E-state index contributed by atoms with van der Waals surface area (Å²) >= 11 is 0. The molecule has 0 bridgehead atoms. The fourth-order valence-electron chi connectivity index (χ4n) is 2.66. The summed E-state index contributed by atoms with van der Waals surface area (Å²) in [7, 11) is -1.87. The zero-order valence-corrected chi connectivity index (χ0v) is 12.5. The van der Waals surface area contributed by atoms with E-state index in [2.05, 4.69) is 18.8 Å². The standard InChI is InChI=1S/C12H22N4O2S/c1-9(2)10-4-6-16(7-5-10)19(17,18)12-11(13)14-8-15(12)3/h8-10H,4-7,13H2,1-3H3. The smallest absolute Gasteiger partial charge is 0.262 e. The van der Waals surface area contributed by atoms with Crippen LogP contribution in [0.1, 0.15) is 26.7 Å². The number of aryl methyl sites for hydroxylation is 1. The molecule has 0 saturated carbocycles. The third kappa shape index (κ3) is 2.62. The van der Waals surface area contributed by atoms with Crippen LogP contribution in [0.25, 0.3) is 0 Å². The minimum absolute atomic E-state index is 0.0773. The minimum Gasteiger partial charge on any atom is -0.381 e. The third-order valence-electron chi connectivity index (χ3n) is 3.94. The van der Waals surface area contributed by atoms with E-state index < -0.39 is 10.0 Å². The molecule has 1 aliphatic heterocycles. The van der Waals surface area contributed by atoms with Crippen molar-refractivity contribution in [1.82, 2.24) is 13.9 Å². The van der Waals surface area contributed by atoms with Crippen molar-refractivity contribution in [2.75, 3.05) is 18.8 Å². The molecule has 0 spiro atoms. The third-order valence-corrected chi connectivity index (χ3v) is 5.97. The van der Waals surface area contributed by atoms with Crippen LogP contribution in [-0.4, -0.2) is 35.4 Å². The number of hydrogen-bond donors (Lipinski definition) is 1. The normalized spacial score (nSPS) is 19.2. The Hall–Kier alpha value is -1.08. The average Bonchev–Trinajstić information content (AvgIpc) is 2.69. The monoisotopic (exact) mass is 286 g/mol. The van der Waals surface area contributed by atoms with E-state index in [0.717, 1.165) is 12.8 Å². The first-order chi connectivity index (χ1) is 8.84. The van der Waals surface area contributed by atoms with Crippen molar-refractivity contribution >= 4 is 15.8 Å². The number of nitrogens with zero attached hydrogens (tertiary/aromatic N) is 3. The van der Waals surface area contributed by atoms with Crippen molar-refractivity contribution in [2.24, 2.45) is 18.9 Å². The highest BCUT2D eigenvalue weighted by Gasteiger charge is 2.33. The van der Waals surface area contributed by atoms with Gasteiger partial charge in [-0.2, -0.15) is 4.31 Å². The summed E-state index contributed by atoms with van der Waals surface area (Å²) in [5, 5.41) is 0.107. The lowest BCUT2D eigenvalue weighted by Crippen LogP contribution is -2.40. The molecule has 108 valence electrons. The highest BCUT2D eigenvalue weighted by Crippen LogP contribution is 2.29. The van der Waals surface area contributed by atoms with Gasteiger partial charge < -0.3 is 10.3 Å². The van der Waals surface area contributed by atoms with Gasteiger partial charge in [0, 0.05) is 20.1 Å². The molecule has 0 atom stereocenters. The van der Waals surface area contributed by atoms with Crippen molar-refractivity contribution in [3.63, 3.8) is 0 Å². The Kier molecular flexibility index (Phi) is 3.87. The molecule has 7 heteroatoms. The highest BCUT2D eigenvalue weighted by molar-refractivity contribution is 7.89. The molecule has 2 rings (SSSR count). The van der Waals surface area contributed by atoms with Crippen molar-refractivity contribution in [2.45, 2.75) is 31.7 Å². The Morgan fingerprint density at radius 3 is 2.37 bits per heavy atom. The summed E-state index contributed by atoms with van der Waals surface area (Å²) < 4.78 is 28.1. The van der Waals surface area contributed by atoms with Gasteiger partial charge in [-0.25, -0.2) is 13.4 Å². The number of sulfonamides is 1. The molecule has 1 fully saturated rings. The number of imidazole rings is 1. The van der Waals surface area contributed by atoms with Gasteiger partial charge in [-0.3, -0.25) is 0 Å². The van der Waals surface area contributed by atoms with Crippen LogP contribution >= 0.6 is 0 Å².